The van der Waals surface area contributed by atoms with Crippen molar-refractivity contribution in [3.05, 3.63) is 0 Å². The molecule has 0 fully saturated rings. The highest BCUT2D eigenvalue weighted by Crippen LogP contribution is 2.01. The molecule has 0 rings (SSSR count). The summed E-state index contributed by atoms with van der Waals surface area (Å²) in [5.41, 5.74) is 0. The summed E-state index contributed by atoms with van der Waals surface area (Å²) >= 11 is 0. The minimum Gasteiger partial charge on any atom is -0.317 e. The van der Waals surface area contributed by atoms with Crippen LogP contribution in [0.15, 0.2) is 0 Å². The van der Waals surface area contributed by atoms with Gasteiger partial charge in [0.1, 0.15) is 9.84 Å². The van der Waals surface area contributed by atoms with Crippen LogP contribution in [0.5, 0.6) is 0 Å². The molecule has 5 heteroatoms. The zero-order valence-electron chi connectivity index (χ0n) is 9.58. The Labute approximate surface area is 87.6 Å². The minimum absolute atomic E-state index is 0.270. The first kappa shape index (κ1) is 13.9. The minimum atomic E-state index is -2.82. The quantitative estimate of drug-likeness (QED) is 0.657. The van der Waals surface area contributed by atoms with Gasteiger partial charge in [-0.2, -0.15) is 0 Å². The zero-order chi connectivity index (χ0) is 11.2. The van der Waals surface area contributed by atoms with Gasteiger partial charge >= 0.3 is 0 Å². The highest BCUT2D eigenvalue weighted by molar-refractivity contribution is 7.90. The van der Waals surface area contributed by atoms with Gasteiger partial charge in [-0.25, -0.2) is 8.42 Å². The molecule has 1 unspecified atom stereocenters. The normalized spacial score (nSPS) is 14.6. The molecule has 0 aliphatic rings. The van der Waals surface area contributed by atoms with E-state index in [9.17, 15) is 8.42 Å². The van der Waals surface area contributed by atoms with Crippen LogP contribution in [0.3, 0.4) is 0 Å². The lowest BCUT2D eigenvalue weighted by molar-refractivity contribution is 0.362. The van der Waals surface area contributed by atoms with Crippen LogP contribution in [-0.2, 0) is 9.84 Å². The molecular formula is C9H22N2O2S. The third-order valence-electron chi connectivity index (χ3n) is 2.17. The van der Waals surface area contributed by atoms with Gasteiger partial charge in [-0.15, -0.1) is 0 Å². The van der Waals surface area contributed by atoms with Crippen molar-refractivity contribution >= 4 is 9.84 Å². The Kier molecular flexibility index (Phi) is 6.31. The Morgan fingerprint density at radius 3 is 2.21 bits per heavy atom. The van der Waals surface area contributed by atoms with Crippen molar-refractivity contribution in [1.29, 1.82) is 0 Å². The molecule has 0 aromatic carbocycles. The van der Waals surface area contributed by atoms with Crippen LogP contribution in [-0.4, -0.2) is 59.1 Å². The Bertz CT molecular complexity index is 237. The van der Waals surface area contributed by atoms with Crippen molar-refractivity contribution in [2.24, 2.45) is 0 Å². The number of nitrogens with one attached hydrogen (secondary N) is 1. The molecule has 0 aromatic rings. The summed E-state index contributed by atoms with van der Waals surface area (Å²) in [6.45, 7) is 0.981. The largest absolute Gasteiger partial charge is 0.317 e. The standard InChI is InChI=1S/C9H22N2O2S/c1-10-9(5-7-11(2)3)6-8-14(4,12)13/h9-10H,5-8H2,1-4H3. The van der Waals surface area contributed by atoms with Crippen molar-refractivity contribution in [2.75, 3.05) is 39.7 Å². The predicted molar refractivity (Wildman–Crippen MR) is 60.3 cm³/mol. The monoisotopic (exact) mass is 222 g/mol. The molecule has 0 amide bonds. The molecule has 0 heterocycles. The lowest BCUT2D eigenvalue weighted by Crippen LogP contribution is -2.31. The molecule has 1 N–H and O–H groups in total. The number of rotatable bonds is 7. The highest BCUT2D eigenvalue weighted by Gasteiger charge is 2.10. The predicted octanol–water partition coefficient (Wildman–Crippen LogP) is -0.0392. The number of nitrogens with zero attached hydrogens (tertiary/aromatic N) is 1. The molecule has 0 aliphatic heterocycles. The molecule has 0 saturated heterocycles. The fraction of sp³-hybridized carbons (Fsp3) is 1.00. The maximum atomic E-state index is 11.0. The molecule has 0 saturated carbocycles. The van der Waals surface area contributed by atoms with E-state index in [1.165, 1.54) is 6.26 Å². The Morgan fingerprint density at radius 1 is 1.29 bits per heavy atom. The topological polar surface area (TPSA) is 49.4 Å². The van der Waals surface area contributed by atoms with E-state index in [1.54, 1.807) is 0 Å². The SMILES string of the molecule is CNC(CCN(C)C)CCS(C)(=O)=O. The zero-order valence-corrected chi connectivity index (χ0v) is 10.4. The average Bonchev–Trinajstić information content (AvgIpc) is 2.02. The maximum Gasteiger partial charge on any atom is 0.147 e. The summed E-state index contributed by atoms with van der Waals surface area (Å²) in [5, 5.41) is 3.14. The fourth-order valence-electron chi connectivity index (χ4n) is 1.20. The molecule has 0 spiro atoms. The Hall–Kier alpha value is -0.130. The number of hydrogen-bond acceptors (Lipinski definition) is 4. The molecule has 0 aliphatic carbocycles. The van der Waals surface area contributed by atoms with E-state index in [0.717, 1.165) is 13.0 Å². The fourth-order valence-corrected chi connectivity index (χ4v) is 1.92. The van der Waals surface area contributed by atoms with E-state index in [-0.39, 0.29) is 5.75 Å². The molecule has 14 heavy (non-hydrogen) atoms. The van der Waals surface area contributed by atoms with Crippen LogP contribution in [0.4, 0.5) is 0 Å². The van der Waals surface area contributed by atoms with Crippen molar-refractivity contribution in [2.45, 2.75) is 18.9 Å². The van der Waals surface area contributed by atoms with Gasteiger partial charge in [0, 0.05) is 12.3 Å². The first-order chi connectivity index (χ1) is 6.35. The summed E-state index contributed by atoms with van der Waals surface area (Å²) in [7, 11) is 3.09. The van der Waals surface area contributed by atoms with Crippen LogP contribution in [0.1, 0.15) is 12.8 Å². The van der Waals surface area contributed by atoms with Crippen LogP contribution < -0.4 is 5.32 Å². The van der Waals surface area contributed by atoms with Crippen LogP contribution in [0.2, 0.25) is 0 Å². The molecule has 86 valence electrons. The third kappa shape index (κ3) is 8.47. The molecule has 4 nitrogen and oxygen atoms in total. The lowest BCUT2D eigenvalue weighted by Gasteiger charge is -2.18. The second kappa shape index (κ2) is 6.37. The summed E-state index contributed by atoms with van der Waals surface area (Å²) in [5.74, 6) is 0.270. The smallest absolute Gasteiger partial charge is 0.147 e. The Morgan fingerprint density at radius 2 is 1.86 bits per heavy atom. The summed E-state index contributed by atoms with van der Waals surface area (Å²) < 4.78 is 21.9. The van der Waals surface area contributed by atoms with Gasteiger partial charge in [0.25, 0.3) is 0 Å². The van der Waals surface area contributed by atoms with E-state index in [2.05, 4.69) is 10.2 Å². The van der Waals surface area contributed by atoms with Gasteiger partial charge in [0.2, 0.25) is 0 Å². The lowest BCUT2D eigenvalue weighted by atomic mass is 10.1. The second-order valence-electron chi connectivity index (χ2n) is 4.00. The summed E-state index contributed by atoms with van der Waals surface area (Å²) in [6, 6.07) is 0.298. The van der Waals surface area contributed by atoms with Gasteiger partial charge < -0.3 is 10.2 Å². The van der Waals surface area contributed by atoms with Gasteiger partial charge in [-0.3, -0.25) is 0 Å². The van der Waals surface area contributed by atoms with Crippen LogP contribution in [0.25, 0.3) is 0 Å². The van der Waals surface area contributed by atoms with Crippen molar-refractivity contribution in [3.8, 4) is 0 Å². The summed E-state index contributed by atoms with van der Waals surface area (Å²) in [4.78, 5) is 2.10. The van der Waals surface area contributed by atoms with E-state index in [4.69, 9.17) is 0 Å². The number of sulfone groups is 1. The summed E-state index contributed by atoms with van der Waals surface area (Å²) in [6.07, 6.45) is 2.97. The van der Waals surface area contributed by atoms with Gasteiger partial charge in [0.05, 0.1) is 5.75 Å². The molecular weight excluding hydrogens is 200 g/mol. The van der Waals surface area contributed by atoms with Crippen LogP contribution in [0, 0.1) is 0 Å². The average molecular weight is 222 g/mol. The molecule has 1 atom stereocenters. The van der Waals surface area contributed by atoms with Gasteiger partial charge in [-0.05, 0) is 40.5 Å². The van der Waals surface area contributed by atoms with E-state index in [0.29, 0.717) is 12.5 Å². The highest BCUT2D eigenvalue weighted by atomic mass is 32.2. The second-order valence-corrected chi connectivity index (χ2v) is 6.26. The number of hydrogen-bond donors (Lipinski definition) is 1. The third-order valence-corrected chi connectivity index (χ3v) is 3.15. The van der Waals surface area contributed by atoms with Crippen molar-refractivity contribution in [1.82, 2.24) is 10.2 Å². The molecule has 0 radical (unpaired) electrons. The van der Waals surface area contributed by atoms with E-state index >= 15 is 0 Å². The van der Waals surface area contributed by atoms with Crippen LogP contribution >= 0.6 is 0 Å². The maximum absolute atomic E-state index is 11.0. The van der Waals surface area contributed by atoms with Crippen molar-refractivity contribution < 1.29 is 8.42 Å². The molecule has 0 bridgehead atoms. The first-order valence-corrected chi connectivity index (χ1v) is 6.91. The van der Waals surface area contributed by atoms with Crippen molar-refractivity contribution in [3.63, 3.8) is 0 Å². The first-order valence-electron chi connectivity index (χ1n) is 4.85. The van der Waals surface area contributed by atoms with E-state index in [1.807, 2.05) is 21.1 Å². The molecule has 0 aromatic heterocycles. The van der Waals surface area contributed by atoms with E-state index < -0.39 is 9.84 Å². The van der Waals surface area contributed by atoms with Gasteiger partial charge in [-0.1, -0.05) is 0 Å². The van der Waals surface area contributed by atoms with Gasteiger partial charge in [0.15, 0.2) is 0 Å². The Balaban J connectivity index is 3.80.